The normalized spacial score (nSPS) is 23.6. The Labute approximate surface area is 150 Å². The van der Waals surface area contributed by atoms with Gasteiger partial charge in [-0.3, -0.25) is 0 Å². The highest BCUT2D eigenvalue weighted by molar-refractivity contribution is 7.15. The lowest BCUT2D eigenvalue weighted by Crippen LogP contribution is -2.39. The summed E-state index contributed by atoms with van der Waals surface area (Å²) in [5, 5.41) is 9.98. The molecule has 0 saturated carbocycles. The van der Waals surface area contributed by atoms with E-state index >= 15 is 0 Å². The van der Waals surface area contributed by atoms with Crippen LogP contribution in [0.2, 0.25) is 0 Å². The first kappa shape index (κ1) is 19.7. The maximum absolute atomic E-state index is 12.6. The van der Waals surface area contributed by atoms with Gasteiger partial charge in [-0.2, -0.15) is 13.2 Å². The number of piperidine rings is 1. The Morgan fingerprint density at radius 1 is 1.12 bits per heavy atom. The number of halogens is 4. The molecule has 0 spiro atoms. The Kier molecular flexibility index (Phi) is 7.09. The van der Waals surface area contributed by atoms with E-state index in [1.54, 1.807) is 0 Å². The van der Waals surface area contributed by atoms with Crippen molar-refractivity contribution in [3.05, 3.63) is 5.01 Å². The van der Waals surface area contributed by atoms with Gasteiger partial charge in [0.15, 0.2) is 0 Å². The molecule has 0 bridgehead atoms. The lowest BCUT2D eigenvalue weighted by Gasteiger charge is -2.29. The lowest BCUT2D eigenvalue weighted by molar-refractivity contribution is -0.138. The molecule has 5 nitrogen and oxygen atoms in total. The molecule has 1 aromatic heterocycles. The quantitative estimate of drug-likeness (QED) is 0.866. The Bertz CT molecular complexity index is 507. The fourth-order valence-electron chi connectivity index (χ4n) is 3.25. The second-order valence-corrected chi connectivity index (χ2v) is 7.20. The highest BCUT2D eigenvalue weighted by atomic mass is 35.5. The minimum atomic E-state index is -4.40. The van der Waals surface area contributed by atoms with Crippen molar-refractivity contribution in [2.45, 2.75) is 25.4 Å². The lowest BCUT2D eigenvalue weighted by atomic mass is 9.99. The number of hydrogen-bond donors (Lipinski definition) is 1. The predicted octanol–water partition coefficient (Wildman–Crippen LogP) is 2.49. The monoisotopic (exact) mass is 385 g/mol. The van der Waals surface area contributed by atoms with Gasteiger partial charge in [-0.1, -0.05) is 11.3 Å². The summed E-state index contributed by atoms with van der Waals surface area (Å²) >= 11 is 0.643. The Balaban J connectivity index is 0.00000208. The van der Waals surface area contributed by atoms with Gasteiger partial charge in [0.1, 0.15) is 0 Å². The predicted molar refractivity (Wildman–Crippen MR) is 91.0 cm³/mol. The Morgan fingerprint density at radius 2 is 1.96 bits per heavy atom. The van der Waals surface area contributed by atoms with Crippen molar-refractivity contribution in [3.63, 3.8) is 0 Å². The van der Waals surface area contributed by atoms with Crippen LogP contribution in [-0.4, -0.2) is 60.9 Å². The molecule has 10 heteroatoms. The van der Waals surface area contributed by atoms with Gasteiger partial charge >= 0.3 is 6.18 Å². The summed E-state index contributed by atoms with van der Waals surface area (Å²) in [6.07, 6.45) is -0.961. The van der Waals surface area contributed by atoms with Gasteiger partial charge in [0, 0.05) is 26.2 Å². The summed E-state index contributed by atoms with van der Waals surface area (Å²) in [6, 6.07) is 0. The van der Waals surface area contributed by atoms with Crippen molar-refractivity contribution in [3.8, 4) is 0 Å². The summed E-state index contributed by atoms with van der Waals surface area (Å²) in [4.78, 5) is 4.37. The number of rotatable bonds is 3. The first-order valence-corrected chi connectivity index (χ1v) is 8.93. The third kappa shape index (κ3) is 5.18. The van der Waals surface area contributed by atoms with Crippen molar-refractivity contribution in [1.82, 2.24) is 20.4 Å². The van der Waals surface area contributed by atoms with Crippen LogP contribution < -0.4 is 10.2 Å². The van der Waals surface area contributed by atoms with Crippen LogP contribution in [0.25, 0.3) is 0 Å². The molecule has 1 N–H and O–H groups in total. The molecule has 1 unspecified atom stereocenters. The number of nitrogens with one attached hydrogen (secondary N) is 1. The number of hydrogen-bond acceptors (Lipinski definition) is 6. The van der Waals surface area contributed by atoms with Gasteiger partial charge in [0.05, 0.1) is 0 Å². The Morgan fingerprint density at radius 3 is 2.62 bits per heavy atom. The molecule has 1 aromatic rings. The van der Waals surface area contributed by atoms with Crippen LogP contribution in [0.1, 0.15) is 24.3 Å². The van der Waals surface area contributed by atoms with Gasteiger partial charge in [-0.15, -0.1) is 22.6 Å². The molecular formula is C14H23ClF3N5S. The smallest absolute Gasteiger partial charge is 0.345 e. The molecular weight excluding hydrogens is 363 g/mol. The van der Waals surface area contributed by atoms with E-state index in [0.29, 0.717) is 28.9 Å². The molecule has 2 aliphatic heterocycles. The molecule has 0 radical (unpaired) electrons. The minimum Gasteiger partial charge on any atom is -0.345 e. The number of aromatic nitrogens is 2. The van der Waals surface area contributed by atoms with E-state index < -0.39 is 11.2 Å². The first-order valence-electron chi connectivity index (χ1n) is 8.11. The van der Waals surface area contributed by atoms with Crippen LogP contribution >= 0.6 is 23.7 Å². The number of anilines is 1. The van der Waals surface area contributed by atoms with E-state index in [-0.39, 0.29) is 12.4 Å². The van der Waals surface area contributed by atoms with Crippen molar-refractivity contribution in [2.75, 3.05) is 50.7 Å². The second kappa shape index (κ2) is 8.64. The molecule has 0 amide bonds. The summed E-state index contributed by atoms with van der Waals surface area (Å²) in [5.74, 6) is 0.689. The van der Waals surface area contributed by atoms with Gasteiger partial charge in [-0.05, 0) is 44.8 Å². The Hall–Kier alpha value is -0.640. The van der Waals surface area contributed by atoms with Gasteiger partial charge in [0.2, 0.25) is 10.1 Å². The van der Waals surface area contributed by atoms with Crippen LogP contribution in [0.3, 0.4) is 0 Å². The van der Waals surface area contributed by atoms with Gasteiger partial charge in [0.25, 0.3) is 0 Å². The zero-order chi connectivity index (χ0) is 16.3. The summed E-state index contributed by atoms with van der Waals surface area (Å²) in [5.41, 5.74) is 0. The minimum absolute atomic E-state index is 0. The fraction of sp³-hybridized carbons (Fsp3) is 0.857. The maximum Gasteiger partial charge on any atom is 0.445 e. The summed E-state index contributed by atoms with van der Waals surface area (Å²) in [7, 11) is 0. The molecule has 2 fully saturated rings. The third-order valence-corrected chi connectivity index (χ3v) is 5.46. The number of nitrogens with zero attached hydrogens (tertiary/aromatic N) is 4. The van der Waals surface area contributed by atoms with E-state index in [1.165, 1.54) is 12.8 Å². The third-order valence-electron chi connectivity index (χ3n) is 4.43. The molecule has 2 saturated heterocycles. The summed E-state index contributed by atoms with van der Waals surface area (Å²) < 4.78 is 37.9. The standard InChI is InChI=1S/C14H22F3N5S.ClH/c15-14(16,17)12-19-20-13(23-12)22-6-2-5-21(7-8-22)10-11-3-1-4-18-9-11;/h11,18H,1-10H2;1H. The van der Waals surface area contributed by atoms with Crippen LogP contribution in [0.15, 0.2) is 0 Å². The van der Waals surface area contributed by atoms with E-state index in [2.05, 4.69) is 20.4 Å². The summed E-state index contributed by atoms with van der Waals surface area (Å²) in [6.45, 7) is 6.59. The molecule has 1 atom stereocenters. The maximum atomic E-state index is 12.6. The van der Waals surface area contributed by atoms with Crippen LogP contribution in [0.5, 0.6) is 0 Å². The number of alkyl halides is 3. The van der Waals surface area contributed by atoms with Gasteiger partial charge in [-0.25, -0.2) is 0 Å². The van der Waals surface area contributed by atoms with Gasteiger partial charge < -0.3 is 15.1 Å². The van der Waals surface area contributed by atoms with Crippen molar-refractivity contribution >= 4 is 28.9 Å². The molecule has 3 rings (SSSR count). The zero-order valence-corrected chi connectivity index (χ0v) is 15.0. The average molecular weight is 386 g/mol. The highest BCUT2D eigenvalue weighted by Gasteiger charge is 2.36. The van der Waals surface area contributed by atoms with E-state index in [1.807, 2.05) is 4.90 Å². The fourth-order valence-corrected chi connectivity index (χ4v) is 4.01. The second-order valence-electron chi connectivity index (χ2n) is 6.24. The van der Waals surface area contributed by atoms with Crippen molar-refractivity contribution < 1.29 is 13.2 Å². The van der Waals surface area contributed by atoms with Crippen LogP contribution in [0, 0.1) is 5.92 Å². The van der Waals surface area contributed by atoms with E-state index in [0.717, 1.165) is 45.7 Å². The average Bonchev–Trinajstić information content (AvgIpc) is 2.91. The topological polar surface area (TPSA) is 44.3 Å². The van der Waals surface area contributed by atoms with Crippen molar-refractivity contribution in [1.29, 1.82) is 0 Å². The first-order chi connectivity index (χ1) is 11.0. The van der Waals surface area contributed by atoms with E-state index in [4.69, 9.17) is 0 Å². The molecule has 0 aliphatic carbocycles. The highest BCUT2D eigenvalue weighted by Crippen LogP contribution is 2.34. The van der Waals surface area contributed by atoms with E-state index in [9.17, 15) is 13.2 Å². The van der Waals surface area contributed by atoms with Crippen LogP contribution in [-0.2, 0) is 6.18 Å². The van der Waals surface area contributed by atoms with Crippen LogP contribution in [0.4, 0.5) is 18.3 Å². The zero-order valence-electron chi connectivity index (χ0n) is 13.4. The molecule has 0 aromatic carbocycles. The molecule has 24 heavy (non-hydrogen) atoms. The SMILES string of the molecule is Cl.FC(F)(F)c1nnc(N2CCCN(CC3CCCNC3)CC2)s1. The molecule has 2 aliphatic rings. The van der Waals surface area contributed by atoms with Crippen molar-refractivity contribution in [2.24, 2.45) is 5.92 Å². The largest absolute Gasteiger partial charge is 0.445 e. The molecule has 3 heterocycles. The molecule has 138 valence electrons.